The summed E-state index contributed by atoms with van der Waals surface area (Å²) in [5.41, 5.74) is 2.58. The Labute approximate surface area is 182 Å². The van der Waals surface area contributed by atoms with E-state index >= 15 is 0 Å². The molecule has 0 saturated heterocycles. The van der Waals surface area contributed by atoms with Gasteiger partial charge in [0.05, 0.1) is 32.7 Å². The number of nitrogens with one attached hydrogen (secondary N) is 1. The molecule has 1 unspecified atom stereocenters. The second-order valence-electron chi connectivity index (χ2n) is 7.60. The number of carbonyl (C=O) groups excluding carboxylic acids is 1. The van der Waals surface area contributed by atoms with E-state index < -0.39 is 0 Å². The summed E-state index contributed by atoms with van der Waals surface area (Å²) in [4.78, 5) is 13.1. The average molecular weight is 424 g/mol. The molecule has 1 N–H and O–H groups in total. The summed E-state index contributed by atoms with van der Waals surface area (Å²) in [6.45, 7) is 6.13. The molecule has 0 radical (unpaired) electrons. The Balaban J connectivity index is 2.10. The standard InChI is InChI=1S/C24H29N3O4/c1-15(2)16(3)25-24(28)22-14-21(20-12-11-19(30-5)13-23(20)31-6)26-27(22)17-7-9-18(29-4)10-8-17/h7-16H,1-6H3,(H,25,28). The summed E-state index contributed by atoms with van der Waals surface area (Å²) < 4.78 is 17.7. The maximum Gasteiger partial charge on any atom is 0.270 e. The van der Waals surface area contributed by atoms with Gasteiger partial charge in [-0.25, -0.2) is 4.68 Å². The molecule has 164 valence electrons. The lowest BCUT2D eigenvalue weighted by Crippen LogP contribution is -2.37. The predicted molar refractivity (Wildman–Crippen MR) is 120 cm³/mol. The largest absolute Gasteiger partial charge is 0.497 e. The highest BCUT2D eigenvalue weighted by molar-refractivity contribution is 5.94. The molecule has 31 heavy (non-hydrogen) atoms. The summed E-state index contributed by atoms with van der Waals surface area (Å²) in [7, 11) is 4.81. The number of carbonyl (C=O) groups is 1. The van der Waals surface area contributed by atoms with E-state index in [2.05, 4.69) is 19.2 Å². The lowest BCUT2D eigenvalue weighted by atomic mass is 10.1. The Morgan fingerprint density at radius 3 is 2.13 bits per heavy atom. The van der Waals surface area contributed by atoms with Crippen LogP contribution >= 0.6 is 0 Å². The van der Waals surface area contributed by atoms with Crippen molar-refractivity contribution in [3.8, 4) is 34.2 Å². The van der Waals surface area contributed by atoms with Crippen LogP contribution in [0, 0.1) is 5.92 Å². The minimum Gasteiger partial charge on any atom is -0.497 e. The first-order valence-electron chi connectivity index (χ1n) is 10.2. The van der Waals surface area contributed by atoms with Crippen LogP contribution < -0.4 is 19.5 Å². The summed E-state index contributed by atoms with van der Waals surface area (Å²) in [6, 6.07) is 14.7. The minimum absolute atomic E-state index is 0.0192. The van der Waals surface area contributed by atoms with Gasteiger partial charge in [-0.05, 0) is 55.3 Å². The second-order valence-corrected chi connectivity index (χ2v) is 7.60. The Morgan fingerprint density at radius 1 is 0.903 bits per heavy atom. The summed E-state index contributed by atoms with van der Waals surface area (Å²) in [6.07, 6.45) is 0. The van der Waals surface area contributed by atoms with Gasteiger partial charge in [0, 0.05) is 17.7 Å². The van der Waals surface area contributed by atoms with Crippen LogP contribution in [0.3, 0.4) is 0 Å². The van der Waals surface area contributed by atoms with Crippen LogP contribution in [0.25, 0.3) is 16.9 Å². The highest BCUT2D eigenvalue weighted by atomic mass is 16.5. The Bertz CT molecular complexity index is 1040. The van der Waals surface area contributed by atoms with Gasteiger partial charge in [0.15, 0.2) is 0 Å². The number of nitrogens with zero attached hydrogens (tertiary/aromatic N) is 2. The molecular weight excluding hydrogens is 394 g/mol. The van der Waals surface area contributed by atoms with Crippen molar-refractivity contribution in [1.29, 1.82) is 0 Å². The van der Waals surface area contributed by atoms with Gasteiger partial charge < -0.3 is 19.5 Å². The number of rotatable bonds is 8. The van der Waals surface area contributed by atoms with Gasteiger partial charge in [0.25, 0.3) is 5.91 Å². The maximum absolute atomic E-state index is 13.1. The van der Waals surface area contributed by atoms with Crippen LogP contribution in [0.1, 0.15) is 31.3 Å². The molecule has 0 bridgehead atoms. The number of methoxy groups -OCH3 is 3. The second kappa shape index (κ2) is 9.55. The van der Waals surface area contributed by atoms with Gasteiger partial charge in [0.2, 0.25) is 0 Å². The zero-order chi connectivity index (χ0) is 22.5. The highest BCUT2D eigenvalue weighted by Crippen LogP contribution is 2.33. The van der Waals surface area contributed by atoms with Crippen molar-refractivity contribution in [3.05, 3.63) is 54.2 Å². The fraction of sp³-hybridized carbons (Fsp3) is 0.333. The number of ether oxygens (including phenoxy) is 3. The van der Waals surface area contributed by atoms with Crippen LogP contribution in [0.15, 0.2) is 48.5 Å². The minimum atomic E-state index is -0.191. The molecule has 0 saturated carbocycles. The molecule has 0 spiro atoms. The van der Waals surface area contributed by atoms with Crippen molar-refractivity contribution >= 4 is 5.91 Å². The number of hydrogen-bond donors (Lipinski definition) is 1. The Kier molecular flexibility index (Phi) is 6.84. The van der Waals surface area contributed by atoms with Crippen molar-refractivity contribution in [2.45, 2.75) is 26.8 Å². The topological polar surface area (TPSA) is 74.6 Å². The molecule has 3 rings (SSSR count). The molecule has 1 atom stereocenters. The van der Waals surface area contributed by atoms with Crippen LogP contribution in [0.5, 0.6) is 17.2 Å². The summed E-state index contributed by atoms with van der Waals surface area (Å²) in [5.74, 6) is 2.14. The van der Waals surface area contributed by atoms with Gasteiger partial charge in [0.1, 0.15) is 22.9 Å². The first kappa shape index (κ1) is 22.2. The molecule has 1 amide bonds. The lowest BCUT2D eigenvalue weighted by molar-refractivity contribution is 0.0922. The van der Waals surface area contributed by atoms with E-state index in [1.54, 1.807) is 38.1 Å². The molecule has 2 aromatic carbocycles. The van der Waals surface area contributed by atoms with Crippen LogP contribution in [-0.2, 0) is 0 Å². The Hall–Kier alpha value is -3.48. The molecule has 1 aromatic heterocycles. The number of amides is 1. The van der Waals surface area contributed by atoms with Crippen LogP contribution in [-0.4, -0.2) is 43.1 Å². The normalized spacial score (nSPS) is 11.8. The van der Waals surface area contributed by atoms with Crippen molar-refractivity contribution < 1.29 is 19.0 Å². The average Bonchev–Trinajstić information content (AvgIpc) is 3.23. The van der Waals surface area contributed by atoms with E-state index in [4.69, 9.17) is 19.3 Å². The third kappa shape index (κ3) is 4.82. The molecule has 1 heterocycles. The molecule has 7 nitrogen and oxygen atoms in total. The van der Waals surface area contributed by atoms with E-state index in [0.717, 1.165) is 17.0 Å². The molecular formula is C24H29N3O4. The zero-order valence-corrected chi connectivity index (χ0v) is 18.8. The maximum atomic E-state index is 13.1. The highest BCUT2D eigenvalue weighted by Gasteiger charge is 2.21. The molecule has 0 aliphatic rings. The smallest absolute Gasteiger partial charge is 0.270 e. The number of benzene rings is 2. The molecule has 3 aromatic rings. The van der Waals surface area contributed by atoms with Gasteiger partial charge >= 0.3 is 0 Å². The lowest BCUT2D eigenvalue weighted by Gasteiger charge is -2.17. The number of hydrogen-bond acceptors (Lipinski definition) is 5. The van der Waals surface area contributed by atoms with E-state index in [0.29, 0.717) is 28.8 Å². The van der Waals surface area contributed by atoms with Crippen LogP contribution in [0.2, 0.25) is 0 Å². The molecule has 0 aliphatic heterocycles. The van der Waals surface area contributed by atoms with Gasteiger partial charge in [-0.3, -0.25) is 4.79 Å². The molecule has 7 heteroatoms. The van der Waals surface area contributed by atoms with Gasteiger partial charge in [-0.1, -0.05) is 13.8 Å². The number of aromatic nitrogens is 2. The summed E-state index contributed by atoms with van der Waals surface area (Å²) in [5, 5.41) is 7.80. The van der Waals surface area contributed by atoms with Crippen molar-refractivity contribution in [1.82, 2.24) is 15.1 Å². The zero-order valence-electron chi connectivity index (χ0n) is 18.8. The fourth-order valence-electron chi connectivity index (χ4n) is 3.05. The van der Waals surface area contributed by atoms with Crippen molar-refractivity contribution in [2.75, 3.05) is 21.3 Å². The third-order valence-electron chi connectivity index (χ3n) is 5.30. The van der Waals surface area contributed by atoms with Gasteiger partial charge in [-0.15, -0.1) is 0 Å². The van der Waals surface area contributed by atoms with Crippen LogP contribution in [0.4, 0.5) is 0 Å². The monoisotopic (exact) mass is 423 g/mol. The first-order valence-corrected chi connectivity index (χ1v) is 10.2. The molecule has 0 fully saturated rings. The van der Waals surface area contributed by atoms with E-state index in [-0.39, 0.29) is 11.9 Å². The van der Waals surface area contributed by atoms with Crippen molar-refractivity contribution in [2.24, 2.45) is 5.92 Å². The van der Waals surface area contributed by atoms with E-state index in [1.165, 1.54) is 0 Å². The van der Waals surface area contributed by atoms with Gasteiger partial charge in [-0.2, -0.15) is 5.10 Å². The fourth-order valence-corrected chi connectivity index (χ4v) is 3.05. The van der Waals surface area contributed by atoms with Crippen molar-refractivity contribution in [3.63, 3.8) is 0 Å². The van der Waals surface area contributed by atoms with E-state index in [9.17, 15) is 4.79 Å². The predicted octanol–water partition coefficient (Wildman–Crippen LogP) is 4.34. The quantitative estimate of drug-likeness (QED) is 0.583. The Morgan fingerprint density at radius 2 is 1.55 bits per heavy atom. The summed E-state index contributed by atoms with van der Waals surface area (Å²) >= 11 is 0. The van der Waals surface area contributed by atoms with E-state index in [1.807, 2.05) is 43.3 Å². The SMILES string of the molecule is COc1ccc(-n2nc(-c3ccc(OC)cc3OC)cc2C(=O)NC(C)C(C)C)cc1. The molecule has 0 aliphatic carbocycles. The third-order valence-corrected chi connectivity index (χ3v) is 5.30. The first-order chi connectivity index (χ1) is 14.9.